The maximum Gasteiger partial charge on any atom is 0.338 e. The number of methoxy groups -OCH3 is 1. The van der Waals surface area contributed by atoms with Gasteiger partial charge < -0.3 is 24.5 Å². The smallest absolute Gasteiger partial charge is 0.338 e. The molecular weight excluding hydrogens is 470 g/mol. The molecule has 2 aromatic heterocycles. The summed E-state index contributed by atoms with van der Waals surface area (Å²) < 4.78 is 18.6. The molecule has 0 spiro atoms. The van der Waals surface area contributed by atoms with Gasteiger partial charge in [-0.25, -0.2) is 14.6 Å². The summed E-state index contributed by atoms with van der Waals surface area (Å²) in [5.41, 5.74) is 4.42. The largest absolute Gasteiger partial charge is 0.493 e. The fourth-order valence-electron chi connectivity index (χ4n) is 3.28. The van der Waals surface area contributed by atoms with Gasteiger partial charge in [-0.3, -0.25) is 19.1 Å². The van der Waals surface area contributed by atoms with E-state index in [2.05, 4.69) is 9.97 Å². The number of rotatable bonds is 10. The first-order chi connectivity index (χ1) is 16.2. The van der Waals surface area contributed by atoms with E-state index < -0.39 is 29.7 Å². The fourth-order valence-corrected chi connectivity index (χ4v) is 3.54. The van der Waals surface area contributed by atoms with Crippen LogP contribution in [0.2, 0.25) is 5.02 Å². The van der Waals surface area contributed by atoms with Crippen molar-refractivity contribution in [3.63, 3.8) is 0 Å². The molecule has 0 unspecified atom stereocenters. The Balaban J connectivity index is 1.86. The van der Waals surface area contributed by atoms with E-state index in [0.29, 0.717) is 6.54 Å². The van der Waals surface area contributed by atoms with E-state index in [9.17, 15) is 19.2 Å². The van der Waals surface area contributed by atoms with Crippen LogP contribution in [-0.4, -0.2) is 44.7 Å². The van der Waals surface area contributed by atoms with Crippen molar-refractivity contribution in [3.05, 3.63) is 49.4 Å². The minimum Gasteiger partial charge on any atom is -0.493 e. The summed E-state index contributed by atoms with van der Waals surface area (Å²) in [5, 5.41) is 0.0155. The summed E-state index contributed by atoms with van der Waals surface area (Å²) in [6.07, 6.45) is 1.58. The summed E-state index contributed by atoms with van der Waals surface area (Å²) >= 11 is 6.18. The summed E-state index contributed by atoms with van der Waals surface area (Å²) in [6.45, 7) is 1.68. The van der Waals surface area contributed by atoms with Crippen LogP contribution in [0.25, 0.3) is 11.2 Å². The van der Waals surface area contributed by atoms with E-state index in [-0.39, 0.29) is 45.7 Å². The van der Waals surface area contributed by atoms with Crippen molar-refractivity contribution in [2.45, 2.75) is 32.9 Å². The number of fused-ring (bicyclic) bond motifs is 1. The second kappa shape index (κ2) is 10.4. The van der Waals surface area contributed by atoms with Gasteiger partial charge in [0.05, 0.1) is 17.7 Å². The Morgan fingerprint density at radius 2 is 2.00 bits per heavy atom. The molecule has 0 bridgehead atoms. The van der Waals surface area contributed by atoms with Crippen molar-refractivity contribution in [2.24, 2.45) is 12.8 Å². The number of nitrogens with one attached hydrogen (secondary N) is 1. The number of nitrogens with two attached hydrogens (primary N) is 1. The van der Waals surface area contributed by atoms with Crippen LogP contribution < -0.4 is 26.5 Å². The maximum atomic E-state index is 12.7. The predicted molar refractivity (Wildman–Crippen MR) is 122 cm³/mol. The zero-order valence-corrected chi connectivity index (χ0v) is 19.6. The number of halogens is 1. The third-order valence-electron chi connectivity index (χ3n) is 5.00. The Hall–Kier alpha value is -3.80. The number of unbranched alkanes of at least 4 members (excludes halogenated alkanes) is 1. The zero-order valence-electron chi connectivity index (χ0n) is 18.8. The van der Waals surface area contributed by atoms with Crippen molar-refractivity contribution in [3.8, 4) is 11.5 Å². The normalized spacial score (nSPS) is 10.9. The topological polar surface area (TPSA) is 161 Å². The maximum absolute atomic E-state index is 12.7. The molecule has 34 heavy (non-hydrogen) atoms. The van der Waals surface area contributed by atoms with Gasteiger partial charge in [-0.1, -0.05) is 24.9 Å². The van der Waals surface area contributed by atoms with E-state index in [1.807, 2.05) is 6.92 Å². The molecule has 0 fully saturated rings. The summed E-state index contributed by atoms with van der Waals surface area (Å²) in [5.74, 6) is -1.02. The monoisotopic (exact) mass is 493 g/mol. The summed E-state index contributed by atoms with van der Waals surface area (Å²) in [6, 6.07) is 2.64. The molecule has 1 amide bonds. The van der Waals surface area contributed by atoms with E-state index >= 15 is 0 Å². The average molecular weight is 494 g/mol. The number of carbonyl (C=O) groups excluding carboxylic acids is 2. The molecule has 0 aliphatic carbocycles. The number of aromatic nitrogens is 4. The van der Waals surface area contributed by atoms with Crippen LogP contribution in [-0.2, 0) is 29.7 Å². The molecule has 3 aromatic rings. The van der Waals surface area contributed by atoms with Gasteiger partial charge in [0.15, 0.2) is 29.3 Å². The number of amides is 1. The van der Waals surface area contributed by atoms with Crippen molar-refractivity contribution < 1.29 is 23.8 Å². The SMILES string of the molecule is CCCCn1c(=O)[nH]c(=O)c2c1nc(COC(=O)c1cc(Cl)c(OCC(N)=O)c(OC)c1)n2C. The molecule has 13 heteroatoms. The number of H-pyrrole nitrogens is 1. The Morgan fingerprint density at radius 3 is 2.65 bits per heavy atom. The van der Waals surface area contributed by atoms with Gasteiger partial charge in [0, 0.05) is 13.6 Å². The Morgan fingerprint density at radius 1 is 1.26 bits per heavy atom. The number of primary amides is 1. The first-order valence-corrected chi connectivity index (χ1v) is 10.7. The third-order valence-corrected chi connectivity index (χ3v) is 5.28. The van der Waals surface area contributed by atoms with Gasteiger partial charge in [0.1, 0.15) is 12.4 Å². The molecule has 0 atom stereocenters. The number of esters is 1. The second-order valence-corrected chi connectivity index (χ2v) is 7.75. The van der Waals surface area contributed by atoms with E-state index in [1.54, 1.807) is 7.05 Å². The number of hydrogen-bond acceptors (Lipinski definition) is 8. The minimum absolute atomic E-state index is 0.0155. The Bertz CT molecular complexity index is 1360. The van der Waals surface area contributed by atoms with Gasteiger partial charge in [-0.2, -0.15) is 0 Å². The molecule has 0 aliphatic rings. The van der Waals surface area contributed by atoms with Crippen LogP contribution in [0.4, 0.5) is 0 Å². The quantitative estimate of drug-likeness (QED) is 0.397. The van der Waals surface area contributed by atoms with E-state index in [4.69, 9.17) is 31.5 Å². The summed E-state index contributed by atoms with van der Waals surface area (Å²) in [7, 11) is 2.93. The molecule has 12 nitrogen and oxygen atoms in total. The first kappa shape index (κ1) is 24.8. The molecule has 0 saturated carbocycles. The number of aryl methyl sites for hydroxylation is 2. The highest BCUT2D eigenvalue weighted by Gasteiger charge is 2.20. The van der Waals surface area contributed by atoms with Crippen LogP contribution in [0, 0.1) is 0 Å². The molecule has 3 rings (SSSR count). The molecule has 3 N–H and O–H groups in total. The zero-order chi connectivity index (χ0) is 25.0. The average Bonchev–Trinajstić information content (AvgIpc) is 3.12. The number of nitrogens with zero attached hydrogens (tertiary/aromatic N) is 3. The number of benzene rings is 1. The van der Waals surface area contributed by atoms with Crippen LogP contribution in [0.15, 0.2) is 21.7 Å². The molecule has 0 saturated heterocycles. The Kier molecular flexibility index (Phi) is 7.61. The van der Waals surface area contributed by atoms with Gasteiger partial charge >= 0.3 is 11.7 Å². The number of ether oxygens (including phenoxy) is 3. The highest BCUT2D eigenvalue weighted by molar-refractivity contribution is 6.32. The minimum atomic E-state index is -0.744. The first-order valence-electron chi connectivity index (χ1n) is 10.3. The molecule has 2 heterocycles. The molecule has 0 aliphatic heterocycles. The van der Waals surface area contributed by atoms with Crippen LogP contribution in [0.3, 0.4) is 0 Å². The predicted octanol–water partition coefficient (Wildman–Crippen LogP) is 1.11. The number of hydrogen-bond donors (Lipinski definition) is 2. The standard InChI is InChI=1S/C21H24ClN5O7/c1-4-5-6-27-18-16(19(29)25-21(27)31)26(2)15(24-18)10-34-20(30)11-7-12(22)17(13(8-11)32-3)33-9-14(23)28/h7-8H,4-6,9-10H2,1-3H3,(H2,23,28)(H,25,29,31). The lowest BCUT2D eigenvalue weighted by Crippen LogP contribution is -2.31. The lowest BCUT2D eigenvalue weighted by molar-refractivity contribution is -0.119. The summed E-state index contributed by atoms with van der Waals surface area (Å²) in [4.78, 5) is 54.9. The van der Waals surface area contributed by atoms with Gasteiger partial charge in [-0.15, -0.1) is 0 Å². The lowest BCUT2D eigenvalue weighted by Gasteiger charge is -2.13. The van der Waals surface area contributed by atoms with Crippen molar-refractivity contribution in [1.29, 1.82) is 0 Å². The van der Waals surface area contributed by atoms with Crippen LogP contribution in [0.5, 0.6) is 11.5 Å². The molecule has 1 aromatic carbocycles. The highest BCUT2D eigenvalue weighted by atomic mass is 35.5. The van der Waals surface area contributed by atoms with Crippen LogP contribution in [0.1, 0.15) is 35.9 Å². The van der Waals surface area contributed by atoms with Crippen molar-refractivity contribution in [1.82, 2.24) is 19.1 Å². The molecule has 0 radical (unpaired) electrons. The van der Waals surface area contributed by atoms with Crippen molar-refractivity contribution >= 4 is 34.6 Å². The lowest BCUT2D eigenvalue weighted by atomic mass is 10.2. The number of aromatic amines is 1. The van der Waals surface area contributed by atoms with E-state index in [1.165, 1.54) is 28.4 Å². The number of carbonyl (C=O) groups is 2. The second-order valence-electron chi connectivity index (χ2n) is 7.34. The van der Waals surface area contributed by atoms with Gasteiger partial charge in [-0.05, 0) is 18.6 Å². The van der Waals surface area contributed by atoms with Crippen molar-refractivity contribution in [2.75, 3.05) is 13.7 Å². The molecule has 182 valence electrons. The Labute approximate surface area is 198 Å². The van der Waals surface area contributed by atoms with Gasteiger partial charge in [0.25, 0.3) is 11.5 Å². The fraction of sp³-hybridized carbons (Fsp3) is 0.381. The third kappa shape index (κ3) is 5.06. The van der Waals surface area contributed by atoms with Crippen LogP contribution >= 0.6 is 11.6 Å². The van der Waals surface area contributed by atoms with E-state index in [0.717, 1.165) is 12.8 Å². The highest BCUT2D eigenvalue weighted by Crippen LogP contribution is 2.36. The molecular formula is C21H24ClN5O7. The van der Waals surface area contributed by atoms with Gasteiger partial charge in [0.2, 0.25) is 0 Å². The number of imidazole rings is 1.